The van der Waals surface area contributed by atoms with Gasteiger partial charge in [0.25, 0.3) is 0 Å². The zero-order chi connectivity index (χ0) is 21.6. The lowest BCUT2D eigenvalue weighted by Gasteiger charge is -2.25. The molecule has 0 fully saturated rings. The summed E-state index contributed by atoms with van der Waals surface area (Å²) in [5.74, 6) is -0.329. The number of ether oxygens (including phenoxy) is 1. The topological polar surface area (TPSA) is 26.3 Å². The van der Waals surface area contributed by atoms with Crippen molar-refractivity contribution in [3.8, 4) is 0 Å². The van der Waals surface area contributed by atoms with Crippen molar-refractivity contribution >= 4 is 16.9 Å². The highest BCUT2D eigenvalue weighted by molar-refractivity contribution is 7.97. The third-order valence-corrected chi connectivity index (χ3v) is 7.08. The van der Waals surface area contributed by atoms with Gasteiger partial charge in [-0.25, -0.2) is 4.79 Å². The van der Waals surface area contributed by atoms with Gasteiger partial charge >= 0.3 is 5.97 Å². The van der Waals surface area contributed by atoms with E-state index in [9.17, 15) is 4.79 Å². The van der Waals surface area contributed by atoms with Crippen LogP contribution in [-0.4, -0.2) is 11.6 Å². The van der Waals surface area contributed by atoms with Gasteiger partial charge in [-0.15, -0.1) is 0 Å². The maximum Gasteiger partial charge on any atom is 0.333 e. The molecule has 0 radical (unpaired) electrons. The molecule has 3 rings (SSSR count). The molecule has 0 heterocycles. The minimum atomic E-state index is -0.521. The number of hydrogen-bond acceptors (Lipinski definition) is 2. The Hall–Kier alpha value is -2.78. The predicted octanol–water partition coefficient (Wildman–Crippen LogP) is 6.61. The number of esters is 1. The van der Waals surface area contributed by atoms with E-state index in [-0.39, 0.29) is 16.9 Å². The van der Waals surface area contributed by atoms with Crippen LogP contribution < -0.4 is 0 Å². The summed E-state index contributed by atoms with van der Waals surface area (Å²) in [7, 11) is -0.136. The fourth-order valence-corrected chi connectivity index (χ4v) is 5.23. The molecule has 0 bridgehead atoms. The maximum atomic E-state index is 11.8. The first kappa shape index (κ1) is 21.9. The Kier molecular flexibility index (Phi) is 7.17. The van der Waals surface area contributed by atoms with E-state index in [0.29, 0.717) is 5.57 Å². The number of benzene rings is 3. The molecule has 0 amide bonds. The van der Waals surface area contributed by atoms with Gasteiger partial charge < -0.3 is 4.74 Å². The smallest absolute Gasteiger partial charge is 0.333 e. The van der Waals surface area contributed by atoms with Crippen molar-refractivity contribution in [1.29, 1.82) is 0 Å². The van der Waals surface area contributed by atoms with Crippen LogP contribution in [0, 0.1) is 0 Å². The third-order valence-electron chi connectivity index (χ3n) is 4.85. The predicted molar refractivity (Wildman–Crippen MR) is 125 cm³/mol. The second kappa shape index (κ2) is 9.82. The number of rotatable bonds is 8. The summed E-state index contributed by atoms with van der Waals surface area (Å²) in [6.07, 6.45) is 1.61. The highest BCUT2D eigenvalue weighted by Crippen LogP contribution is 2.31. The molecule has 0 N–H and O–H groups in total. The molecule has 154 valence electrons. The molecular formula is C27H29O2S+. The molecule has 3 heteroatoms. The molecule has 0 saturated heterocycles. The molecule has 2 nitrogen and oxygen atoms in total. The molecule has 0 aromatic heterocycles. The average Bonchev–Trinajstić information content (AvgIpc) is 2.75. The molecule has 0 atom stereocenters. The van der Waals surface area contributed by atoms with Crippen LogP contribution in [0.5, 0.6) is 0 Å². The highest BCUT2D eigenvalue weighted by atomic mass is 32.2. The monoisotopic (exact) mass is 417 g/mol. The van der Waals surface area contributed by atoms with Gasteiger partial charge in [-0.05, 0) is 75.6 Å². The van der Waals surface area contributed by atoms with Crippen LogP contribution in [0.2, 0.25) is 0 Å². The van der Waals surface area contributed by atoms with Crippen molar-refractivity contribution in [1.82, 2.24) is 0 Å². The Morgan fingerprint density at radius 2 is 1.30 bits per heavy atom. The van der Waals surface area contributed by atoms with Crippen molar-refractivity contribution < 1.29 is 9.53 Å². The van der Waals surface area contributed by atoms with E-state index in [1.54, 1.807) is 6.92 Å². The first-order valence-corrected chi connectivity index (χ1v) is 11.4. The minimum Gasteiger partial charge on any atom is -0.456 e. The fourth-order valence-electron chi connectivity index (χ4n) is 3.15. The molecule has 3 aromatic rings. The first-order chi connectivity index (χ1) is 14.4. The number of carbonyl (C=O) groups excluding carboxylic acids is 1. The third kappa shape index (κ3) is 5.87. The summed E-state index contributed by atoms with van der Waals surface area (Å²) < 4.78 is 5.56. The Morgan fingerprint density at radius 3 is 1.77 bits per heavy atom. The van der Waals surface area contributed by atoms with E-state index < -0.39 is 5.60 Å². The van der Waals surface area contributed by atoms with Crippen LogP contribution >= 0.6 is 0 Å². The Balaban J connectivity index is 1.76. The van der Waals surface area contributed by atoms with E-state index in [0.717, 1.165) is 12.8 Å². The van der Waals surface area contributed by atoms with E-state index in [2.05, 4.69) is 91.5 Å². The summed E-state index contributed by atoms with van der Waals surface area (Å²) in [5, 5.41) is 0. The normalized spacial score (nSPS) is 11.3. The summed E-state index contributed by atoms with van der Waals surface area (Å²) in [6.45, 7) is 9.23. The van der Waals surface area contributed by atoms with Crippen molar-refractivity contribution in [3.63, 3.8) is 0 Å². The molecule has 0 aliphatic heterocycles. The highest BCUT2D eigenvalue weighted by Gasteiger charge is 2.28. The molecular weight excluding hydrogens is 388 g/mol. The van der Waals surface area contributed by atoms with Crippen molar-refractivity contribution in [2.45, 2.75) is 53.9 Å². The SMILES string of the molecule is C=C(C)C(=O)OC(C)(C)CCc1ccc([S+](c2ccccc2)c2ccccc2)cc1. The zero-order valence-electron chi connectivity index (χ0n) is 17.9. The van der Waals surface area contributed by atoms with E-state index in [1.807, 2.05) is 13.8 Å². The molecule has 0 spiro atoms. The lowest BCUT2D eigenvalue weighted by molar-refractivity contribution is -0.151. The Bertz CT molecular complexity index is 937. The fraction of sp³-hybridized carbons (Fsp3) is 0.222. The van der Waals surface area contributed by atoms with Crippen LogP contribution in [-0.2, 0) is 26.8 Å². The molecule has 0 aliphatic carbocycles. The van der Waals surface area contributed by atoms with Gasteiger partial charge in [0.2, 0.25) is 0 Å². The second-order valence-electron chi connectivity index (χ2n) is 8.01. The summed E-state index contributed by atoms with van der Waals surface area (Å²) >= 11 is 0. The van der Waals surface area contributed by atoms with Crippen LogP contribution in [0.1, 0.15) is 32.8 Å². The molecule has 3 aromatic carbocycles. The average molecular weight is 418 g/mol. The number of hydrogen-bond donors (Lipinski definition) is 0. The zero-order valence-corrected chi connectivity index (χ0v) is 18.7. The Labute approximate surface area is 183 Å². The quantitative estimate of drug-likeness (QED) is 0.234. The molecule has 0 unspecified atom stereocenters. The van der Waals surface area contributed by atoms with Crippen molar-refractivity contribution in [2.75, 3.05) is 0 Å². The van der Waals surface area contributed by atoms with Crippen LogP contribution in [0.25, 0.3) is 0 Å². The summed E-state index contributed by atoms with van der Waals surface area (Å²) in [6, 6.07) is 30.1. The van der Waals surface area contributed by atoms with Gasteiger partial charge in [-0.1, -0.05) is 55.1 Å². The number of carbonyl (C=O) groups is 1. The lowest BCUT2D eigenvalue weighted by Crippen LogP contribution is -2.29. The lowest BCUT2D eigenvalue weighted by atomic mass is 9.98. The van der Waals surface area contributed by atoms with Crippen LogP contribution in [0.3, 0.4) is 0 Å². The largest absolute Gasteiger partial charge is 0.456 e. The van der Waals surface area contributed by atoms with Gasteiger partial charge in [0, 0.05) is 5.57 Å². The van der Waals surface area contributed by atoms with Crippen LogP contribution in [0.4, 0.5) is 0 Å². The molecule has 0 aliphatic rings. The summed E-state index contributed by atoms with van der Waals surface area (Å²) in [4.78, 5) is 15.8. The molecule has 30 heavy (non-hydrogen) atoms. The first-order valence-electron chi connectivity index (χ1n) is 10.2. The number of aryl methyl sites for hydroxylation is 1. The van der Waals surface area contributed by atoms with Gasteiger partial charge in [-0.3, -0.25) is 0 Å². The Morgan fingerprint density at radius 1 is 0.833 bits per heavy atom. The standard InChI is InChI=1S/C27H29O2S/c1-21(2)26(28)29-27(3,4)20-19-22-15-17-25(18-16-22)30(23-11-7-5-8-12-23)24-13-9-6-10-14-24/h5-18H,1,19-20H2,2-4H3/q+1. The van der Waals surface area contributed by atoms with Gasteiger partial charge in [0.1, 0.15) is 5.60 Å². The van der Waals surface area contributed by atoms with E-state index >= 15 is 0 Å². The van der Waals surface area contributed by atoms with Crippen molar-refractivity contribution in [2.24, 2.45) is 0 Å². The molecule has 0 saturated carbocycles. The minimum absolute atomic E-state index is 0.136. The van der Waals surface area contributed by atoms with Crippen LogP contribution in [0.15, 0.2) is 112 Å². The van der Waals surface area contributed by atoms with E-state index in [1.165, 1.54) is 20.2 Å². The second-order valence-corrected chi connectivity index (χ2v) is 10.0. The maximum absolute atomic E-state index is 11.8. The van der Waals surface area contributed by atoms with Crippen molar-refractivity contribution in [3.05, 3.63) is 103 Å². The summed E-state index contributed by atoms with van der Waals surface area (Å²) in [5.41, 5.74) is 1.15. The van der Waals surface area contributed by atoms with Gasteiger partial charge in [0.15, 0.2) is 14.7 Å². The van der Waals surface area contributed by atoms with Gasteiger partial charge in [0.05, 0.1) is 10.9 Å². The van der Waals surface area contributed by atoms with E-state index in [4.69, 9.17) is 4.74 Å². The van der Waals surface area contributed by atoms with Gasteiger partial charge in [-0.2, -0.15) is 0 Å².